The van der Waals surface area contributed by atoms with Crippen LogP contribution in [0.2, 0.25) is 5.02 Å². The van der Waals surface area contributed by atoms with E-state index in [4.69, 9.17) is 11.6 Å². The van der Waals surface area contributed by atoms with E-state index in [1.54, 1.807) is 23.1 Å². The summed E-state index contributed by atoms with van der Waals surface area (Å²) in [6, 6.07) is 16.6. The molecule has 0 bridgehead atoms. The molecule has 2 rings (SSSR count). The highest BCUT2D eigenvalue weighted by atomic mass is 35.5. The van der Waals surface area contributed by atoms with Gasteiger partial charge in [0.15, 0.2) is 0 Å². The number of carbonyl (C=O) groups excluding carboxylic acids is 2. The van der Waals surface area contributed by atoms with E-state index >= 15 is 0 Å². The molecule has 0 heterocycles. The van der Waals surface area contributed by atoms with Crippen LogP contribution in [0.15, 0.2) is 54.6 Å². The lowest BCUT2D eigenvalue weighted by atomic mass is 10.1. The van der Waals surface area contributed by atoms with Crippen molar-refractivity contribution in [2.75, 3.05) is 18.0 Å². The maximum atomic E-state index is 11.9. The van der Waals surface area contributed by atoms with E-state index < -0.39 is 0 Å². The van der Waals surface area contributed by atoms with Crippen molar-refractivity contribution >= 4 is 29.1 Å². The number of hydrogen-bond acceptors (Lipinski definition) is 2. The van der Waals surface area contributed by atoms with Crippen molar-refractivity contribution in [3.05, 3.63) is 65.2 Å². The van der Waals surface area contributed by atoms with Crippen LogP contribution in [0.25, 0.3) is 0 Å². The van der Waals surface area contributed by atoms with E-state index in [0.717, 1.165) is 11.3 Å². The third-order valence-corrected chi connectivity index (χ3v) is 3.60. The van der Waals surface area contributed by atoms with Gasteiger partial charge in [-0.15, -0.1) is 0 Å². The molecule has 0 spiro atoms. The van der Waals surface area contributed by atoms with Gasteiger partial charge in [-0.3, -0.25) is 9.59 Å². The first-order valence-corrected chi connectivity index (χ1v) is 7.78. The number of amides is 2. The number of halogens is 1. The molecule has 23 heavy (non-hydrogen) atoms. The smallest absolute Gasteiger partial charge is 0.224 e. The van der Waals surface area contributed by atoms with Gasteiger partial charge in [-0.2, -0.15) is 0 Å². The molecule has 0 fully saturated rings. The summed E-state index contributed by atoms with van der Waals surface area (Å²) in [6.45, 7) is 2.28. The van der Waals surface area contributed by atoms with E-state index in [2.05, 4.69) is 5.32 Å². The van der Waals surface area contributed by atoms with Gasteiger partial charge in [0, 0.05) is 30.7 Å². The fraction of sp³-hybridized carbons (Fsp3) is 0.222. The van der Waals surface area contributed by atoms with Crippen molar-refractivity contribution in [1.82, 2.24) is 5.32 Å². The quantitative estimate of drug-likeness (QED) is 0.885. The van der Waals surface area contributed by atoms with E-state index in [0.29, 0.717) is 24.5 Å². The van der Waals surface area contributed by atoms with Crippen molar-refractivity contribution in [2.24, 2.45) is 0 Å². The lowest BCUT2D eigenvalue weighted by molar-refractivity contribution is -0.121. The number of nitrogens with zero attached hydrogens (tertiary/aromatic N) is 1. The molecule has 4 nitrogen and oxygen atoms in total. The Balaban J connectivity index is 1.87. The van der Waals surface area contributed by atoms with Crippen molar-refractivity contribution in [3.63, 3.8) is 0 Å². The maximum Gasteiger partial charge on any atom is 0.224 e. The molecule has 2 aromatic rings. The van der Waals surface area contributed by atoms with Crippen LogP contribution in [0.1, 0.15) is 12.5 Å². The van der Waals surface area contributed by atoms with Gasteiger partial charge in [-0.25, -0.2) is 0 Å². The third kappa shape index (κ3) is 5.42. The number of anilines is 1. The molecular formula is C18H19ClN2O2. The van der Waals surface area contributed by atoms with E-state index in [9.17, 15) is 9.59 Å². The fourth-order valence-corrected chi connectivity index (χ4v) is 2.45. The third-order valence-electron chi connectivity index (χ3n) is 3.37. The zero-order chi connectivity index (χ0) is 16.7. The molecule has 0 aliphatic heterocycles. The van der Waals surface area contributed by atoms with Gasteiger partial charge < -0.3 is 10.2 Å². The average molecular weight is 331 g/mol. The molecule has 0 aliphatic rings. The SMILES string of the molecule is CC(=O)N(CCNC(=O)Cc1ccccc1)c1cccc(Cl)c1. The Morgan fingerprint density at radius 3 is 2.48 bits per heavy atom. The minimum atomic E-state index is -0.0930. The van der Waals surface area contributed by atoms with E-state index in [-0.39, 0.29) is 11.8 Å². The van der Waals surface area contributed by atoms with Gasteiger partial charge in [0.1, 0.15) is 0 Å². The van der Waals surface area contributed by atoms with Gasteiger partial charge in [0.2, 0.25) is 11.8 Å². The van der Waals surface area contributed by atoms with Crippen molar-refractivity contribution in [2.45, 2.75) is 13.3 Å². The molecule has 0 radical (unpaired) electrons. The Morgan fingerprint density at radius 2 is 1.83 bits per heavy atom. The van der Waals surface area contributed by atoms with Crippen molar-refractivity contribution in [3.8, 4) is 0 Å². The minimum Gasteiger partial charge on any atom is -0.354 e. The highest BCUT2D eigenvalue weighted by Gasteiger charge is 2.12. The largest absolute Gasteiger partial charge is 0.354 e. The van der Waals surface area contributed by atoms with Gasteiger partial charge >= 0.3 is 0 Å². The second kappa shape index (κ2) is 8.34. The van der Waals surface area contributed by atoms with Crippen LogP contribution in [0.4, 0.5) is 5.69 Å². The fourth-order valence-electron chi connectivity index (χ4n) is 2.26. The summed E-state index contributed by atoms with van der Waals surface area (Å²) in [4.78, 5) is 25.3. The number of nitrogens with one attached hydrogen (secondary N) is 1. The average Bonchev–Trinajstić information content (AvgIpc) is 2.52. The summed E-state index contributed by atoms with van der Waals surface area (Å²) in [5, 5.41) is 3.41. The molecule has 0 saturated heterocycles. The normalized spacial score (nSPS) is 10.2. The molecule has 0 saturated carbocycles. The standard InChI is InChI=1S/C18H19ClN2O2/c1-14(22)21(17-9-5-8-16(19)13-17)11-10-20-18(23)12-15-6-3-2-4-7-15/h2-9,13H,10-12H2,1H3,(H,20,23). The number of hydrogen-bond donors (Lipinski definition) is 1. The summed E-state index contributed by atoms with van der Waals surface area (Å²) in [7, 11) is 0. The topological polar surface area (TPSA) is 49.4 Å². The van der Waals surface area contributed by atoms with Crippen LogP contribution in [0.3, 0.4) is 0 Å². The van der Waals surface area contributed by atoms with Gasteiger partial charge in [-0.1, -0.05) is 48.0 Å². The van der Waals surface area contributed by atoms with E-state index in [1.807, 2.05) is 36.4 Å². The summed E-state index contributed by atoms with van der Waals surface area (Å²) in [6.07, 6.45) is 0.331. The molecule has 1 N–H and O–H groups in total. The molecule has 2 amide bonds. The zero-order valence-corrected chi connectivity index (χ0v) is 13.7. The highest BCUT2D eigenvalue weighted by Crippen LogP contribution is 2.19. The van der Waals surface area contributed by atoms with Crippen LogP contribution in [0.5, 0.6) is 0 Å². The summed E-state index contributed by atoms with van der Waals surface area (Å²) >= 11 is 5.96. The molecule has 0 aromatic heterocycles. The zero-order valence-electron chi connectivity index (χ0n) is 13.0. The summed E-state index contributed by atoms with van der Waals surface area (Å²) in [5.41, 5.74) is 1.69. The summed E-state index contributed by atoms with van der Waals surface area (Å²) < 4.78 is 0. The van der Waals surface area contributed by atoms with E-state index in [1.165, 1.54) is 6.92 Å². The number of carbonyl (C=O) groups is 2. The predicted octanol–water partition coefficient (Wildman–Crippen LogP) is 3.05. The lowest BCUT2D eigenvalue weighted by Gasteiger charge is -2.21. The van der Waals surface area contributed by atoms with Gasteiger partial charge in [-0.05, 0) is 23.8 Å². The number of benzene rings is 2. The second-order valence-corrected chi connectivity index (χ2v) is 5.60. The first-order valence-electron chi connectivity index (χ1n) is 7.40. The Kier molecular flexibility index (Phi) is 6.18. The van der Waals surface area contributed by atoms with Crippen LogP contribution in [-0.4, -0.2) is 24.9 Å². The molecule has 0 unspecified atom stereocenters. The van der Waals surface area contributed by atoms with Crippen LogP contribution < -0.4 is 10.2 Å². The predicted molar refractivity (Wildman–Crippen MR) is 92.6 cm³/mol. The number of rotatable bonds is 6. The monoisotopic (exact) mass is 330 g/mol. The van der Waals surface area contributed by atoms with Crippen LogP contribution >= 0.6 is 11.6 Å². The van der Waals surface area contributed by atoms with Crippen molar-refractivity contribution < 1.29 is 9.59 Å². The molecule has 5 heteroatoms. The van der Waals surface area contributed by atoms with Crippen LogP contribution in [0, 0.1) is 0 Å². The molecule has 2 aromatic carbocycles. The molecule has 0 atom stereocenters. The molecule has 0 aliphatic carbocycles. The molecule has 120 valence electrons. The first kappa shape index (κ1) is 17.0. The Hall–Kier alpha value is -2.33. The van der Waals surface area contributed by atoms with Crippen molar-refractivity contribution in [1.29, 1.82) is 0 Å². The minimum absolute atomic E-state index is 0.0641. The van der Waals surface area contributed by atoms with Gasteiger partial charge in [0.05, 0.1) is 6.42 Å². The summed E-state index contributed by atoms with van der Waals surface area (Å²) in [5.74, 6) is -0.157. The second-order valence-electron chi connectivity index (χ2n) is 5.16. The lowest BCUT2D eigenvalue weighted by Crippen LogP contribution is -2.38. The first-order chi connectivity index (χ1) is 11.1. The Bertz CT molecular complexity index is 674. The Labute approximate surface area is 141 Å². The van der Waals surface area contributed by atoms with Crippen LogP contribution in [-0.2, 0) is 16.0 Å². The van der Waals surface area contributed by atoms with Gasteiger partial charge in [0.25, 0.3) is 0 Å². The molecular weight excluding hydrogens is 312 g/mol. The highest BCUT2D eigenvalue weighted by molar-refractivity contribution is 6.30. The Morgan fingerprint density at radius 1 is 1.09 bits per heavy atom. The maximum absolute atomic E-state index is 11.9.